The summed E-state index contributed by atoms with van der Waals surface area (Å²) < 4.78 is 0. The van der Waals surface area contributed by atoms with E-state index in [0.29, 0.717) is 0 Å². The fourth-order valence-electron chi connectivity index (χ4n) is 0. The molecule has 0 aromatic heterocycles. The second kappa shape index (κ2) is 5.88. The molecule has 1 unspecified atom stereocenters. The Morgan fingerprint density at radius 3 is 2.00 bits per heavy atom. The van der Waals surface area contributed by atoms with E-state index in [2.05, 4.69) is 4.89 Å². The van der Waals surface area contributed by atoms with Gasteiger partial charge in [0.1, 0.15) is 6.29 Å². The molecular formula is C2H5NaO3. The fourth-order valence-corrected chi connectivity index (χ4v) is 0. The van der Waals surface area contributed by atoms with Crippen LogP contribution < -0.4 is 34.8 Å². The van der Waals surface area contributed by atoms with Gasteiger partial charge < -0.3 is 15.3 Å². The van der Waals surface area contributed by atoms with Gasteiger partial charge in [-0.1, -0.05) is 0 Å². The zero-order chi connectivity index (χ0) is 4.28. The van der Waals surface area contributed by atoms with E-state index in [9.17, 15) is 0 Å². The van der Waals surface area contributed by atoms with Crippen molar-refractivity contribution in [2.24, 2.45) is 0 Å². The van der Waals surface area contributed by atoms with Gasteiger partial charge in [0, 0.05) is 0 Å². The number of aliphatic hydroxyl groups excluding tert-OH is 1. The standard InChI is InChI=1S/C2H6O3.Na/c1-2(3)5-4;/h2-4H,1H3;/q;+1/p-1. The van der Waals surface area contributed by atoms with Crippen molar-refractivity contribution in [3.8, 4) is 0 Å². The minimum absolute atomic E-state index is 0. The van der Waals surface area contributed by atoms with Crippen molar-refractivity contribution in [3.63, 3.8) is 0 Å². The molecule has 0 amide bonds. The first kappa shape index (κ1) is 9.99. The smallest absolute Gasteiger partial charge is 0.721 e. The van der Waals surface area contributed by atoms with Gasteiger partial charge in [-0.05, 0) is 6.92 Å². The summed E-state index contributed by atoms with van der Waals surface area (Å²) in [4.78, 5) is 3.06. The van der Waals surface area contributed by atoms with Crippen LogP contribution in [0, 0.1) is 0 Å². The third-order valence-corrected chi connectivity index (χ3v) is 0.139. The molecule has 0 saturated carbocycles. The van der Waals surface area contributed by atoms with E-state index in [1.54, 1.807) is 0 Å². The molecule has 0 aromatic rings. The Kier molecular flexibility index (Phi) is 9.79. The van der Waals surface area contributed by atoms with E-state index in [-0.39, 0.29) is 29.6 Å². The molecule has 6 heavy (non-hydrogen) atoms. The summed E-state index contributed by atoms with van der Waals surface area (Å²) in [6.07, 6.45) is -1.17. The minimum atomic E-state index is -1.17. The first-order valence-corrected chi connectivity index (χ1v) is 1.24. The quantitative estimate of drug-likeness (QED) is 0.157. The molecule has 0 aliphatic heterocycles. The molecule has 0 radical (unpaired) electrons. The Hall–Kier alpha value is 0.880. The van der Waals surface area contributed by atoms with Gasteiger partial charge in [-0.25, -0.2) is 0 Å². The van der Waals surface area contributed by atoms with Crippen molar-refractivity contribution in [2.75, 3.05) is 0 Å². The molecule has 0 rings (SSSR count). The Labute approximate surface area is 58.1 Å². The molecule has 32 valence electrons. The summed E-state index contributed by atoms with van der Waals surface area (Å²) in [5.41, 5.74) is 0. The van der Waals surface area contributed by atoms with Gasteiger partial charge in [0.15, 0.2) is 0 Å². The van der Waals surface area contributed by atoms with Crippen LogP contribution in [0.15, 0.2) is 0 Å². The van der Waals surface area contributed by atoms with Crippen LogP contribution in [0.5, 0.6) is 0 Å². The van der Waals surface area contributed by atoms with Crippen molar-refractivity contribution in [2.45, 2.75) is 13.2 Å². The summed E-state index contributed by atoms with van der Waals surface area (Å²) in [7, 11) is 0. The van der Waals surface area contributed by atoms with Gasteiger partial charge in [-0.3, -0.25) is 0 Å². The minimum Gasteiger partial charge on any atom is -0.721 e. The van der Waals surface area contributed by atoms with Crippen LogP contribution >= 0.6 is 0 Å². The van der Waals surface area contributed by atoms with Crippen LogP contribution in [-0.4, -0.2) is 11.4 Å². The molecular weight excluding hydrogens is 95.0 g/mol. The Morgan fingerprint density at radius 2 is 2.00 bits per heavy atom. The summed E-state index contributed by atoms with van der Waals surface area (Å²) in [5.74, 6) is 0. The number of hydrogen-bond acceptors (Lipinski definition) is 3. The molecule has 0 aliphatic carbocycles. The van der Waals surface area contributed by atoms with Crippen molar-refractivity contribution >= 4 is 0 Å². The van der Waals surface area contributed by atoms with Gasteiger partial charge >= 0.3 is 29.6 Å². The van der Waals surface area contributed by atoms with E-state index < -0.39 is 6.29 Å². The predicted molar refractivity (Wildman–Crippen MR) is 12.8 cm³/mol. The van der Waals surface area contributed by atoms with Crippen molar-refractivity contribution in [1.82, 2.24) is 0 Å². The fraction of sp³-hybridized carbons (Fsp3) is 1.00. The Bertz CT molecular complexity index is 22.8. The number of aliphatic hydroxyl groups is 1. The van der Waals surface area contributed by atoms with Gasteiger partial charge in [0.2, 0.25) is 0 Å². The molecule has 0 bridgehead atoms. The van der Waals surface area contributed by atoms with Crippen molar-refractivity contribution in [3.05, 3.63) is 0 Å². The van der Waals surface area contributed by atoms with Crippen LogP contribution in [0.25, 0.3) is 0 Å². The predicted octanol–water partition coefficient (Wildman–Crippen LogP) is -4.38. The second-order valence-corrected chi connectivity index (χ2v) is 0.696. The first-order valence-electron chi connectivity index (χ1n) is 1.24. The zero-order valence-electron chi connectivity index (χ0n) is 3.84. The molecule has 1 N–H and O–H groups in total. The van der Waals surface area contributed by atoms with E-state index in [1.165, 1.54) is 6.92 Å². The normalized spacial score (nSPS) is 12.5. The third kappa shape index (κ3) is 8.86. The van der Waals surface area contributed by atoms with Gasteiger partial charge in [0.25, 0.3) is 0 Å². The molecule has 0 aliphatic rings. The molecule has 4 heteroatoms. The maximum atomic E-state index is 8.88. The van der Waals surface area contributed by atoms with Crippen LogP contribution in [0.4, 0.5) is 0 Å². The van der Waals surface area contributed by atoms with Gasteiger partial charge in [0.05, 0.1) is 0 Å². The van der Waals surface area contributed by atoms with E-state index >= 15 is 0 Å². The average Bonchev–Trinajstić information content (AvgIpc) is 1.38. The number of rotatable bonds is 1. The van der Waals surface area contributed by atoms with Crippen LogP contribution in [-0.2, 0) is 4.89 Å². The topological polar surface area (TPSA) is 52.5 Å². The van der Waals surface area contributed by atoms with Crippen molar-refractivity contribution < 1.29 is 44.8 Å². The van der Waals surface area contributed by atoms with Gasteiger partial charge in [-0.2, -0.15) is 0 Å². The maximum absolute atomic E-state index is 8.88. The zero-order valence-corrected chi connectivity index (χ0v) is 5.84. The second-order valence-electron chi connectivity index (χ2n) is 0.696. The summed E-state index contributed by atoms with van der Waals surface area (Å²) in [6, 6.07) is 0. The molecule has 0 spiro atoms. The van der Waals surface area contributed by atoms with Crippen LogP contribution in [0.3, 0.4) is 0 Å². The third-order valence-electron chi connectivity index (χ3n) is 0.139. The molecule has 0 saturated heterocycles. The summed E-state index contributed by atoms with van der Waals surface area (Å²) in [6.45, 7) is 1.24. The molecule has 1 atom stereocenters. The van der Waals surface area contributed by atoms with Crippen molar-refractivity contribution in [1.29, 1.82) is 0 Å². The maximum Gasteiger partial charge on any atom is 1.00 e. The molecule has 0 heterocycles. The monoisotopic (exact) mass is 100 g/mol. The summed E-state index contributed by atoms with van der Waals surface area (Å²) in [5, 5.41) is 16.7. The molecule has 3 nitrogen and oxygen atoms in total. The van der Waals surface area contributed by atoms with Crippen LogP contribution in [0.2, 0.25) is 0 Å². The Morgan fingerprint density at radius 1 is 1.83 bits per heavy atom. The molecule has 0 aromatic carbocycles. The van der Waals surface area contributed by atoms with E-state index in [0.717, 1.165) is 0 Å². The average molecular weight is 100 g/mol. The molecule has 0 fully saturated rings. The van der Waals surface area contributed by atoms with E-state index in [4.69, 9.17) is 10.4 Å². The SMILES string of the molecule is CC(O)O[O-].[Na+]. The largest absolute Gasteiger partial charge is 1.00 e. The summed E-state index contributed by atoms with van der Waals surface area (Å²) >= 11 is 0. The van der Waals surface area contributed by atoms with Gasteiger partial charge in [-0.15, -0.1) is 0 Å². The van der Waals surface area contributed by atoms with Crippen LogP contribution in [0.1, 0.15) is 6.92 Å². The Balaban J connectivity index is 0. The number of hydrogen-bond donors (Lipinski definition) is 1. The van der Waals surface area contributed by atoms with E-state index in [1.807, 2.05) is 0 Å². The first-order chi connectivity index (χ1) is 2.27.